The highest BCUT2D eigenvalue weighted by atomic mass is 35.5. The first-order valence-electron chi connectivity index (χ1n) is 15.7. The Morgan fingerprint density at radius 3 is 2.08 bits per heavy atom. The van der Waals surface area contributed by atoms with E-state index in [0.29, 0.717) is 11.1 Å². The van der Waals surface area contributed by atoms with Crippen LogP contribution in [0.4, 0.5) is 21.5 Å². The SMILES string of the molecule is COc1cc(C=C[C@H]2C3=CC[C@@H]4C(=O)N(c5ccc([N+](=O)[O-])cc5)C(=O)[C@@H]4[C@@H]3C[C@@]3(Cl)C(=O)N(c4ccc(F)cc4)C(=O)[C@@]23Cl)cc(OC)c1O. The fourth-order valence-electron chi connectivity index (χ4n) is 7.84. The Morgan fingerprint density at radius 1 is 0.902 bits per heavy atom. The van der Waals surface area contributed by atoms with Gasteiger partial charge in [-0.05, 0) is 72.9 Å². The number of carbonyl (C=O) groups is 4. The fourth-order valence-corrected chi connectivity index (χ4v) is 8.73. The van der Waals surface area contributed by atoms with E-state index in [-0.39, 0.29) is 47.2 Å². The van der Waals surface area contributed by atoms with Gasteiger partial charge in [-0.15, -0.1) is 23.2 Å². The van der Waals surface area contributed by atoms with Crippen LogP contribution in [-0.4, -0.2) is 57.6 Å². The minimum absolute atomic E-state index is 0.0443. The lowest BCUT2D eigenvalue weighted by atomic mass is 9.57. The molecule has 3 aromatic carbocycles. The molecule has 0 bridgehead atoms. The normalized spacial score (nSPS) is 28.5. The number of aromatic hydroxyl groups is 1. The van der Waals surface area contributed by atoms with Gasteiger partial charge in [-0.25, -0.2) is 9.29 Å². The molecule has 51 heavy (non-hydrogen) atoms. The molecular formula is C36H28Cl2FN3O9. The Kier molecular flexibility index (Phi) is 8.18. The molecular weight excluding hydrogens is 708 g/mol. The van der Waals surface area contributed by atoms with Crippen molar-refractivity contribution in [2.24, 2.45) is 23.7 Å². The summed E-state index contributed by atoms with van der Waals surface area (Å²) < 4.78 is 24.5. The molecule has 0 unspecified atom stereocenters. The molecule has 1 saturated carbocycles. The van der Waals surface area contributed by atoms with Crippen LogP contribution in [0.2, 0.25) is 0 Å². The number of fused-ring (bicyclic) bond motifs is 4. The third kappa shape index (κ3) is 4.93. The van der Waals surface area contributed by atoms with E-state index >= 15 is 0 Å². The number of methoxy groups -OCH3 is 2. The number of halogens is 3. The van der Waals surface area contributed by atoms with Crippen LogP contribution in [0, 0.1) is 39.6 Å². The molecule has 2 aliphatic heterocycles. The van der Waals surface area contributed by atoms with Gasteiger partial charge in [0.15, 0.2) is 21.2 Å². The van der Waals surface area contributed by atoms with Crippen molar-refractivity contribution in [3.05, 3.63) is 99.9 Å². The second-order valence-corrected chi connectivity index (χ2v) is 14.0. The average Bonchev–Trinajstić information content (AvgIpc) is 3.46. The van der Waals surface area contributed by atoms with Crippen molar-refractivity contribution in [2.45, 2.75) is 22.6 Å². The Hall–Kier alpha value is -5.27. The van der Waals surface area contributed by atoms with Crippen molar-refractivity contribution in [1.29, 1.82) is 0 Å². The summed E-state index contributed by atoms with van der Waals surface area (Å²) in [6, 6.07) is 12.7. The van der Waals surface area contributed by atoms with E-state index in [1.54, 1.807) is 18.2 Å². The van der Waals surface area contributed by atoms with E-state index in [2.05, 4.69) is 0 Å². The molecule has 262 valence electrons. The summed E-state index contributed by atoms with van der Waals surface area (Å²) in [6.07, 6.45) is 4.74. The van der Waals surface area contributed by atoms with Crippen LogP contribution < -0.4 is 19.3 Å². The standard InChI is InChI=1S/C36H28Cl2FN3O9/c1-50-27-15-18(16-28(51-2)30(27)43)3-14-26-23-12-13-24-29(32(45)40(31(24)44)20-8-10-22(11-9-20)42(48)49)25(23)17-35(37)33(46)41(34(47)36(26,35)38)21-6-4-19(39)5-7-21/h3-12,14-16,24-26,29,43H,13,17H2,1-2H3/t24-,25+,26-,29-,35+,36-/m0/s1. The Labute approximate surface area is 299 Å². The predicted octanol–water partition coefficient (Wildman–Crippen LogP) is 5.77. The van der Waals surface area contributed by atoms with Crippen molar-refractivity contribution in [1.82, 2.24) is 0 Å². The second kappa shape index (κ2) is 12.2. The maximum atomic E-state index is 14.4. The Bertz CT molecular complexity index is 2060. The third-order valence-electron chi connectivity index (χ3n) is 10.3. The number of non-ortho nitro benzene ring substituents is 1. The number of hydrogen-bond acceptors (Lipinski definition) is 9. The number of imide groups is 2. The van der Waals surface area contributed by atoms with Crippen molar-refractivity contribution in [2.75, 3.05) is 24.0 Å². The number of allylic oxidation sites excluding steroid dienone is 3. The van der Waals surface area contributed by atoms with Crippen LogP contribution in [0.5, 0.6) is 17.2 Å². The molecule has 6 atom stereocenters. The van der Waals surface area contributed by atoms with E-state index in [9.17, 15) is 38.8 Å². The summed E-state index contributed by atoms with van der Waals surface area (Å²) in [5.74, 6) is -7.26. The van der Waals surface area contributed by atoms with Crippen molar-refractivity contribution in [3.63, 3.8) is 0 Å². The summed E-state index contributed by atoms with van der Waals surface area (Å²) in [4.78, 5) is 65.0. The second-order valence-electron chi connectivity index (χ2n) is 12.7. The lowest BCUT2D eigenvalue weighted by Gasteiger charge is -2.49. The van der Waals surface area contributed by atoms with Gasteiger partial charge in [-0.2, -0.15) is 0 Å². The monoisotopic (exact) mass is 735 g/mol. The van der Waals surface area contributed by atoms with Gasteiger partial charge in [0.2, 0.25) is 17.6 Å². The minimum Gasteiger partial charge on any atom is -0.502 e. The topological polar surface area (TPSA) is 157 Å². The molecule has 2 heterocycles. The highest BCUT2D eigenvalue weighted by Gasteiger charge is 2.76. The van der Waals surface area contributed by atoms with E-state index < -0.39 is 67.8 Å². The number of hydrogen-bond donors (Lipinski definition) is 1. The van der Waals surface area contributed by atoms with E-state index in [1.165, 1.54) is 62.8 Å². The van der Waals surface area contributed by atoms with Crippen LogP contribution in [0.25, 0.3) is 6.08 Å². The molecule has 2 aliphatic carbocycles. The van der Waals surface area contributed by atoms with Crippen molar-refractivity contribution in [3.8, 4) is 17.2 Å². The van der Waals surface area contributed by atoms with Gasteiger partial charge in [0.1, 0.15) is 5.82 Å². The zero-order valence-electron chi connectivity index (χ0n) is 26.9. The quantitative estimate of drug-likeness (QED) is 0.105. The molecule has 1 N–H and O–H groups in total. The van der Waals surface area contributed by atoms with Crippen molar-refractivity contribution < 1.29 is 43.1 Å². The first-order chi connectivity index (χ1) is 24.3. The molecule has 4 amide bonds. The van der Waals surface area contributed by atoms with Gasteiger partial charge >= 0.3 is 0 Å². The Morgan fingerprint density at radius 2 is 1.49 bits per heavy atom. The van der Waals surface area contributed by atoms with Gasteiger partial charge in [0.25, 0.3) is 17.5 Å². The fraction of sp³-hybridized carbons (Fsp3) is 0.278. The number of phenolic OH excluding ortho intramolecular Hbond substituents is 1. The molecule has 15 heteroatoms. The minimum atomic E-state index is -2.14. The molecule has 3 aromatic rings. The lowest BCUT2D eigenvalue weighted by molar-refractivity contribution is -0.384. The van der Waals surface area contributed by atoms with Crippen LogP contribution in [-0.2, 0) is 19.2 Å². The third-order valence-corrected chi connectivity index (χ3v) is 11.7. The maximum Gasteiger partial charge on any atom is 0.269 e. The largest absolute Gasteiger partial charge is 0.502 e. The summed E-state index contributed by atoms with van der Waals surface area (Å²) in [7, 11) is 2.72. The molecule has 12 nitrogen and oxygen atoms in total. The number of amides is 4. The van der Waals surface area contributed by atoms with E-state index in [1.807, 2.05) is 0 Å². The van der Waals surface area contributed by atoms with Gasteiger partial charge < -0.3 is 14.6 Å². The summed E-state index contributed by atoms with van der Waals surface area (Å²) in [5.41, 5.74) is 0.953. The number of carbonyl (C=O) groups excluding carboxylic acids is 4. The average molecular weight is 737 g/mol. The van der Waals surface area contributed by atoms with Gasteiger partial charge in [-0.3, -0.25) is 34.2 Å². The molecule has 0 spiro atoms. The van der Waals surface area contributed by atoms with Gasteiger partial charge in [-0.1, -0.05) is 23.8 Å². The number of benzene rings is 3. The number of nitrogens with zero attached hydrogens (tertiary/aromatic N) is 3. The number of rotatable bonds is 7. The van der Waals surface area contributed by atoms with E-state index in [4.69, 9.17) is 32.7 Å². The van der Waals surface area contributed by atoms with Crippen LogP contribution in [0.3, 0.4) is 0 Å². The van der Waals surface area contributed by atoms with Gasteiger partial charge in [0, 0.05) is 18.1 Å². The highest BCUT2D eigenvalue weighted by molar-refractivity contribution is 6.58. The summed E-state index contributed by atoms with van der Waals surface area (Å²) >= 11 is 14.7. The molecule has 7 rings (SSSR count). The number of anilines is 2. The molecule has 2 saturated heterocycles. The van der Waals surface area contributed by atoms with Crippen molar-refractivity contribution >= 4 is 70.0 Å². The van der Waals surface area contributed by atoms with Crippen LogP contribution >= 0.6 is 23.2 Å². The smallest absolute Gasteiger partial charge is 0.269 e. The molecule has 0 aromatic heterocycles. The zero-order valence-corrected chi connectivity index (χ0v) is 28.4. The first kappa shape index (κ1) is 34.2. The van der Waals surface area contributed by atoms with Crippen LogP contribution in [0.15, 0.2) is 78.4 Å². The zero-order chi connectivity index (χ0) is 36.6. The number of phenols is 1. The number of nitro benzene ring substituents is 1. The first-order valence-corrected chi connectivity index (χ1v) is 16.5. The van der Waals surface area contributed by atoms with E-state index in [0.717, 1.165) is 21.9 Å². The highest BCUT2D eigenvalue weighted by Crippen LogP contribution is 2.63. The lowest BCUT2D eigenvalue weighted by Crippen LogP contribution is -2.60. The maximum absolute atomic E-state index is 14.4. The molecule has 3 fully saturated rings. The molecule has 0 radical (unpaired) electrons. The Balaban J connectivity index is 1.35. The molecule has 4 aliphatic rings. The predicted molar refractivity (Wildman–Crippen MR) is 183 cm³/mol. The van der Waals surface area contributed by atoms with Gasteiger partial charge in [0.05, 0.1) is 42.4 Å². The van der Waals surface area contributed by atoms with Crippen LogP contribution in [0.1, 0.15) is 18.4 Å². The summed E-state index contributed by atoms with van der Waals surface area (Å²) in [5, 5.41) is 21.7. The number of ether oxygens (including phenoxy) is 2. The summed E-state index contributed by atoms with van der Waals surface area (Å²) in [6.45, 7) is 0. The number of alkyl halides is 2. The number of nitro groups is 1.